The van der Waals surface area contributed by atoms with E-state index in [0.717, 1.165) is 16.7 Å². The van der Waals surface area contributed by atoms with Crippen LogP contribution in [0.1, 0.15) is 40.0 Å². The van der Waals surface area contributed by atoms with Crippen LogP contribution in [0, 0.1) is 13.8 Å². The van der Waals surface area contributed by atoms with Crippen LogP contribution < -0.4 is 10.0 Å². The van der Waals surface area contributed by atoms with Gasteiger partial charge in [-0.1, -0.05) is 53.6 Å². The molecule has 156 valence electrons. The Hall–Kier alpha value is -2.83. The fourth-order valence-electron chi connectivity index (χ4n) is 3.24. The summed E-state index contributed by atoms with van der Waals surface area (Å²) in [7, 11) is -3.77. The lowest BCUT2D eigenvalue weighted by atomic mass is 10.00. The number of hydrogen-bond donors (Lipinski definition) is 2. The van der Waals surface area contributed by atoms with Crippen LogP contribution in [-0.4, -0.2) is 14.3 Å². The number of hydrogen-bond acceptors (Lipinski definition) is 3. The molecule has 5 nitrogen and oxygen atoms in total. The maximum atomic E-state index is 12.8. The summed E-state index contributed by atoms with van der Waals surface area (Å²) in [6.07, 6.45) is 0. The molecule has 3 rings (SSSR count). The van der Waals surface area contributed by atoms with E-state index in [0.29, 0.717) is 0 Å². The lowest BCUT2D eigenvalue weighted by Crippen LogP contribution is -2.27. The molecule has 1 amide bonds. The van der Waals surface area contributed by atoms with E-state index in [4.69, 9.17) is 11.6 Å². The number of halogens is 1. The Balaban J connectivity index is 1.81. The quantitative estimate of drug-likeness (QED) is 0.547. The molecule has 0 fully saturated rings. The van der Waals surface area contributed by atoms with Crippen molar-refractivity contribution in [3.63, 3.8) is 0 Å². The fraction of sp³-hybridized carbons (Fsp3) is 0.174. The van der Waals surface area contributed by atoms with Crippen LogP contribution >= 0.6 is 11.6 Å². The first-order valence-corrected chi connectivity index (χ1v) is 11.3. The fourth-order valence-corrected chi connectivity index (χ4v) is 4.51. The van der Waals surface area contributed by atoms with E-state index in [9.17, 15) is 13.2 Å². The van der Waals surface area contributed by atoms with Gasteiger partial charge in [0, 0.05) is 5.69 Å². The van der Waals surface area contributed by atoms with Gasteiger partial charge in [0.25, 0.3) is 15.9 Å². The van der Waals surface area contributed by atoms with Crippen LogP contribution in [0.4, 0.5) is 5.69 Å². The van der Waals surface area contributed by atoms with Crippen molar-refractivity contribution in [1.82, 2.24) is 5.32 Å². The molecular formula is C23H23ClN2O3S. The molecule has 0 aromatic heterocycles. The highest BCUT2D eigenvalue weighted by molar-refractivity contribution is 7.92. The number of benzene rings is 3. The first kappa shape index (κ1) is 21.9. The number of amides is 1. The molecule has 0 aliphatic carbocycles. The van der Waals surface area contributed by atoms with Crippen molar-refractivity contribution < 1.29 is 13.2 Å². The number of anilines is 1. The van der Waals surface area contributed by atoms with Gasteiger partial charge in [-0.15, -0.1) is 0 Å². The van der Waals surface area contributed by atoms with Gasteiger partial charge in [0.1, 0.15) is 0 Å². The summed E-state index contributed by atoms with van der Waals surface area (Å²) in [5, 5.41) is 3.17. The minimum Gasteiger partial charge on any atom is -0.345 e. The highest BCUT2D eigenvalue weighted by Gasteiger charge is 2.18. The highest BCUT2D eigenvalue weighted by Crippen LogP contribution is 2.25. The molecule has 0 aliphatic heterocycles. The number of nitrogens with one attached hydrogen (secondary N) is 2. The Kier molecular flexibility index (Phi) is 6.48. The second-order valence-corrected chi connectivity index (χ2v) is 9.26. The van der Waals surface area contributed by atoms with Gasteiger partial charge in [0.2, 0.25) is 0 Å². The second kappa shape index (κ2) is 8.90. The molecule has 0 aliphatic rings. The molecule has 0 heterocycles. The number of carbonyl (C=O) groups is 1. The Morgan fingerprint density at radius 2 is 1.67 bits per heavy atom. The van der Waals surface area contributed by atoms with E-state index in [1.807, 2.05) is 32.9 Å². The summed E-state index contributed by atoms with van der Waals surface area (Å²) in [5.74, 6) is -0.381. The van der Waals surface area contributed by atoms with Crippen LogP contribution in [0.5, 0.6) is 0 Å². The first-order valence-electron chi connectivity index (χ1n) is 9.43. The van der Waals surface area contributed by atoms with Crippen molar-refractivity contribution in [2.75, 3.05) is 4.72 Å². The number of aryl methyl sites for hydroxylation is 2. The average molecular weight is 443 g/mol. The predicted octanol–water partition coefficient (Wildman–Crippen LogP) is 5.25. The molecule has 3 aromatic carbocycles. The van der Waals surface area contributed by atoms with Crippen LogP contribution in [-0.2, 0) is 10.0 Å². The lowest BCUT2D eigenvalue weighted by molar-refractivity contribution is 0.0940. The summed E-state index contributed by atoms with van der Waals surface area (Å²) in [6, 6.07) is 18.3. The maximum Gasteiger partial charge on any atom is 0.261 e. The van der Waals surface area contributed by atoms with E-state index in [1.165, 1.54) is 30.3 Å². The third kappa shape index (κ3) is 5.01. The standard InChI is InChI=1S/C23H23ClN2O3S/c1-15-9-11-20(16(2)13-15)17(3)25-23(27)21-14-18(10-12-22(21)24)26-30(28,29)19-7-5-4-6-8-19/h4-14,17,26H,1-3H3,(H,25,27)/t17-/m1/s1. The van der Waals surface area contributed by atoms with Crippen molar-refractivity contribution in [3.05, 3.63) is 94.0 Å². The Labute approximate surface area is 182 Å². The third-order valence-electron chi connectivity index (χ3n) is 4.76. The second-order valence-electron chi connectivity index (χ2n) is 7.17. The largest absolute Gasteiger partial charge is 0.345 e. The summed E-state index contributed by atoms with van der Waals surface area (Å²) in [6.45, 7) is 5.91. The molecule has 7 heteroatoms. The molecule has 0 unspecified atom stereocenters. The summed E-state index contributed by atoms with van der Waals surface area (Å²) < 4.78 is 27.6. The van der Waals surface area contributed by atoms with Crippen LogP contribution in [0.2, 0.25) is 5.02 Å². The topological polar surface area (TPSA) is 75.3 Å². The monoisotopic (exact) mass is 442 g/mol. The minimum atomic E-state index is -3.77. The van der Waals surface area contributed by atoms with Crippen molar-refractivity contribution in [2.45, 2.75) is 31.7 Å². The molecular weight excluding hydrogens is 420 g/mol. The third-order valence-corrected chi connectivity index (χ3v) is 6.48. The summed E-state index contributed by atoms with van der Waals surface area (Å²) in [5.41, 5.74) is 3.69. The summed E-state index contributed by atoms with van der Waals surface area (Å²) in [4.78, 5) is 13.0. The van der Waals surface area contributed by atoms with Gasteiger partial charge in [-0.2, -0.15) is 0 Å². The van der Waals surface area contributed by atoms with Crippen LogP contribution in [0.25, 0.3) is 0 Å². The van der Waals surface area contributed by atoms with Crippen LogP contribution in [0.15, 0.2) is 71.6 Å². The zero-order chi connectivity index (χ0) is 21.9. The minimum absolute atomic E-state index is 0.134. The molecule has 3 aromatic rings. The normalized spacial score (nSPS) is 12.3. The van der Waals surface area contributed by atoms with Crippen molar-refractivity contribution in [3.8, 4) is 0 Å². The Morgan fingerprint density at radius 3 is 2.33 bits per heavy atom. The van der Waals surface area contributed by atoms with Gasteiger partial charge in [0.05, 0.1) is 21.5 Å². The van der Waals surface area contributed by atoms with Crippen molar-refractivity contribution in [1.29, 1.82) is 0 Å². The molecule has 0 bridgehead atoms. The van der Waals surface area contributed by atoms with Gasteiger partial charge in [-0.25, -0.2) is 8.42 Å². The number of carbonyl (C=O) groups excluding carboxylic acids is 1. The Bertz CT molecular complexity index is 1180. The van der Waals surface area contributed by atoms with Gasteiger partial charge >= 0.3 is 0 Å². The van der Waals surface area contributed by atoms with Crippen LogP contribution in [0.3, 0.4) is 0 Å². The lowest BCUT2D eigenvalue weighted by Gasteiger charge is -2.18. The number of sulfonamides is 1. The molecule has 2 N–H and O–H groups in total. The van der Waals surface area contributed by atoms with Gasteiger partial charge in [-0.05, 0) is 62.2 Å². The molecule has 1 atom stereocenters. The smallest absolute Gasteiger partial charge is 0.261 e. The van der Waals surface area contributed by atoms with Crippen molar-refractivity contribution >= 4 is 33.2 Å². The van der Waals surface area contributed by atoms with Gasteiger partial charge in [0.15, 0.2) is 0 Å². The van der Waals surface area contributed by atoms with E-state index in [2.05, 4.69) is 16.1 Å². The molecule has 0 spiro atoms. The number of rotatable bonds is 6. The van der Waals surface area contributed by atoms with Gasteiger partial charge < -0.3 is 5.32 Å². The van der Waals surface area contributed by atoms with Crippen molar-refractivity contribution in [2.24, 2.45) is 0 Å². The Morgan fingerprint density at radius 1 is 0.967 bits per heavy atom. The maximum absolute atomic E-state index is 12.8. The molecule has 0 saturated heterocycles. The zero-order valence-corrected chi connectivity index (χ0v) is 18.5. The first-order chi connectivity index (χ1) is 14.2. The summed E-state index contributed by atoms with van der Waals surface area (Å²) >= 11 is 6.22. The zero-order valence-electron chi connectivity index (χ0n) is 16.9. The highest BCUT2D eigenvalue weighted by atomic mass is 35.5. The SMILES string of the molecule is Cc1ccc([C@@H](C)NC(=O)c2cc(NS(=O)(=O)c3ccccc3)ccc2Cl)c(C)c1. The predicted molar refractivity (Wildman–Crippen MR) is 120 cm³/mol. The van der Waals surface area contributed by atoms with Gasteiger partial charge in [-0.3, -0.25) is 9.52 Å². The van der Waals surface area contributed by atoms with E-state index < -0.39 is 10.0 Å². The van der Waals surface area contributed by atoms with E-state index >= 15 is 0 Å². The van der Waals surface area contributed by atoms with E-state index in [1.54, 1.807) is 18.2 Å². The molecule has 30 heavy (non-hydrogen) atoms. The molecule has 0 radical (unpaired) electrons. The van der Waals surface area contributed by atoms with E-state index in [-0.39, 0.29) is 33.1 Å². The molecule has 0 saturated carbocycles. The average Bonchev–Trinajstić information content (AvgIpc) is 2.69.